The van der Waals surface area contributed by atoms with Crippen LogP contribution in [0.5, 0.6) is 0 Å². The van der Waals surface area contributed by atoms with E-state index in [1.54, 1.807) is 0 Å². The quantitative estimate of drug-likeness (QED) is 0.850. The summed E-state index contributed by atoms with van der Waals surface area (Å²) in [5.41, 5.74) is 11.4. The third-order valence-corrected chi connectivity index (χ3v) is 4.35. The summed E-state index contributed by atoms with van der Waals surface area (Å²) in [4.78, 5) is 0. The van der Waals surface area contributed by atoms with Gasteiger partial charge in [0.25, 0.3) is 0 Å². The minimum atomic E-state index is 0.216. The van der Waals surface area contributed by atoms with Gasteiger partial charge in [0, 0.05) is 24.0 Å². The van der Waals surface area contributed by atoms with Crippen molar-refractivity contribution in [2.75, 3.05) is 0 Å². The normalized spacial score (nSPS) is 22.4. The highest BCUT2D eigenvalue weighted by Gasteiger charge is 2.33. The standard InChI is InChI=1S/C17H30N2/c1-12-9-13-14(18)10-17(5,6)11-15(13)19(12)8-7-16(2,3)4/h9,14H,7-8,10-11,18H2,1-6H3. The smallest absolute Gasteiger partial charge is 0.0318 e. The number of nitrogens with two attached hydrogens (primary N) is 1. The predicted octanol–water partition coefficient (Wildman–Crippen LogP) is 4.20. The van der Waals surface area contributed by atoms with Gasteiger partial charge in [-0.05, 0) is 48.6 Å². The highest BCUT2D eigenvalue weighted by Crippen LogP contribution is 2.41. The van der Waals surface area contributed by atoms with E-state index < -0.39 is 0 Å². The first-order valence-electron chi connectivity index (χ1n) is 7.54. The SMILES string of the molecule is Cc1cc2c(n1CCC(C)(C)C)CC(C)(C)CC2N. The van der Waals surface area contributed by atoms with E-state index in [2.05, 4.69) is 52.2 Å². The molecule has 0 saturated heterocycles. The van der Waals surface area contributed by atoms with Crippen molar-refractivity contribution in [3.63, 3.8) is 0 Å². The van der Waals surface area contributed by atoms with E-state index in [0.29, 0.717) is 10.8 Å². The Morgan fingerprint density at radius 3 is 2.58 bits per heavy atom. The molecule has 19 heavy (non-hydrogen) atoms. The third kappa shape index (κ3) is 3.22. The van der Waals surface area contributed by atoms with Crippen molar-refractivity contribution in [1.29, 1.82) is 0 Å². The van der Waals surface area contributed by atoms with Crippen LogP contribution in [-0.4, -0.2) is 4.57 Å². The van der Waals surface area contributed by atoms with Gasteiger partial charge in [0.1, 0.15) is 0 Å². The number of rotatable bonds is 2. The van der Waals surface area contributed by atoms with Crippen molar-refractivity contribution >= 4 is 0 Å². The van der Waals surface area contributed by atoms with E-state index in [0.717, 1.165) is 19.4 Å². The van der Waals surface area contributed by atoms with Crippen molar-refractivity contribution in [1.82, 2.24) is 4.57 Å². The Morgan fingerprint density at radius 2 is 2.00 bits per heavy atom. The molecule has 1 unspecified atom stereocenters. The second kappa shape index (κ2) is 4.66. The van der Waals surface area contributed by atoms with Crippen molar-refractivity contribution in [2.45, 2.75) is 73.4 Å². The summed E-state index contributed by atoms with van der Waals surface area (Å²) in [6, 6.07) is 2.53. The van der Waals surface area contributed by atoms with E-state index in [4.69, 9.17) is 5.73 Å². The second-order valence-electron chi connectivity index (χ2n) is 8.30. The zero-order chi connectivity index (χ0) is 14.4. The number of nitrogens with zero attached hydrogens (tertiary/aromatic N) is 1. The van der Waals surface area contributed by atoms with Crippen molar-refractivity contribution in [3.05, 3.63) is 23.0 Å². The summed E-state index contributed by atoms with van der Waals surface area (Å²) in [6.07, 6.45) is 3.47. The van der Waals surface area contributed by atoms with E-state index in [9.17, 15) is 0 Å². The van der Waals surface area contributed by atoms with Crippen molar-refractivity contribution in [2.24, 2.45) is 16.6 Å². The van der Waals surface area contributed by atoms with E-state index >= 15 is 0 Å². The first kappa shape index (κ1) is 14.6. The van der Waals surface area contributed by atoms with Gasteiger partial charge in [0.2, 0.25) is 0 Å². The highest BCUT2D eigenvalue weighted by molar-refractivity contribution is 5.34. The lowest BCUT2D eigenvalue weighted by molar-refractivity contribution is 0.270. The van der Waals surface area contributed by atoms with Crippen LogP contribution in [0.1, 0.15) is 70.5 Å². The molecule has 1 heterocycles. The minimum Gasteiger partial charge on any atom is -0.349 e. The Labute approximate surface area is 118 Å². The molecule has 0 aromatic carbocycles. The summed E-state index contributed by atoms with van der Waals surface area (Å²) < 4.78 is 2.52. The second-order valence-corrected chi connectivity index (χ2v) is 8.30. The van der Waals surface area contributed by atoms with Crippen LogP contribution >= 0.6 is 0 Å². The molecular weight excluding hydrogens is 232 g/mol. The topological polar surface area (TPSA) is 30.9 Å². The lowest BCUT2D eigenvalue weighted by atomic mass is 9.74. The molecule has 1 aromatic heterocycles. The number of aryl methyl sites for hydroxylation is 1. The molecule has 2 nitrogen and oxygen atoms in total. The molecule has 0 saturated carbocycles. The number of hydrogen-bond acceptors (Lipinski definition) is 1. The maximum absolute atomic E-state index is 6.37. The third-order valence-electron chi connectivity index (χ3n) is 4.35. The molecule has 0 radical (unpaired) electrons. The largest absolute Gasteiger partial charge is 0.349 e. The van der Waals surface area contributed by atoms with E-state index in [1.807, 2.05) is 0 Å². The average molecular weight is 262 g/mol. The molecule has 1 aromatic rings. The Morgan fingerprint density at radius 1 is 1.37 bits per heavy atom. The molecule has 108 valence electrons. The zero-order valence-corrected chi connectivity index (χ0v) is 13.5. The Kier molecular flexibility index (Phi) is 3.59. The van der Waals surface area contributed by atoms with E-state index in [1.165, 1.54) is 23.4 Å². The molecule has 0 fully saturated rings. The summed E-state index contributed by atoms with van der Waals surface area (Å²) in [5, 5.41) is 0. The van der Waals surface area contributed by atoms with Gasteiger partial charge in [-0.25, -0.2) is 0 Å². The monoisotopic (exact) mass is 262 g/mol. The maximum atomic E-state index is 6.37. The molecule has 0 amide bonds. The molecule has 0 aliphatic heterocycles. The van der Waals surface area contributed by atoms with Gasteiger partial charge in [-0.2, -0.15) is 0 Å². The molecule has 1 atom stereocenters. The summed E-state index contributed by atoms with van der Waals surface area (Å²) >= 11 is 0. The fraction of sp³-hybridized carbons (Fsp3) is 0.765. The summed E-state index contributed by atoms with van der Waals surface area (Å²) in [5.74, 6) is 0. The van der Waals surface area contributed by atoms with Crippen LogP contribution in [0, 0.1) is 17.8 Å². The van der Waals surface area contributed by atoms with Gasteiger partial charge in [-0.1, -0.05) is 34.6 Å². The number of fused-ring (bicyclic) bond motifs is 1. The highest BCUT2D eigenvalue weighted by atomic mass is 15.0. The molecule has 1 aliphatic carbocycles. The number of hydrogen-bond donors (Lipinski definition) is 1. The zero-order valence-electron chi connectivity index (χ0n) is 13.5. The van der Waals surface area contributed by atoms with Crippen LogP contribution in [0.4, 0.5) is 0 Å². The Balaban J connectivity index is 2.31. The predicted molar refractivity (Wildman–Crippen MR) is 82.3 cm³/mol. The lowest BCUT2D eigenvalue weighted by Crippen LogP contribution is -2.30. The Hall–Kier alpha value is -0.760. The van der Waals surface area contributed by atoms with Gasteiger partial charge in [-0.15, -0.1) is 0 Å². The van der Waals surface area contributed by atoms with Gasteiger partial charge < -0.3 is 10.3 Å². The molecule has 0 spiro atoms. The van der Waals surface area contributed by atoms with Gasteiger partial charge in [0.15, 0.2) is 0 Å². The van der Waals surface area contributed by atoms with Crippen LogP contribution in [-0.2, 0) is 13.0 Å². The van der Waals surface area contributed by atoms with Gasteiger partial charge in [-0.3, -0.25) is 0 Å². The molecule has 2 heteroatoms. The van der Waals surface area contributed by atoms with Crippen LogP contribution < -0.4 is 5.73 Å². The summed E-state index contributed by atoms with van der Waals surface area (Å²) in [7, 11) is 0. The van der Waals surface area contributed by atoms with Crippen LogP contribution in [0.15, 0.2) is 6.07 Å². The molecule has 2 N–H and O–H groups in total. The molecular formula is C17H30N2. The van der Waals surface area contributed by atoms with Crippen LogP contribution in [0.25, 0.3) is 0 Å². The Bertz CT molecular complexity index is 460. The average Bonchev–Trinajstić information content (AvgIpc) is 2.49. The first-order valence-corrected chi connectivity index (χ1v) is 7.54. The molecule has 0 bridgehead atoms. The van der Waals surface area contributed by atoms with E-state index in [-0.39, 0.29) is 6.04 Å². The van der Waals surface area contributed by atoms with Crippen LogP contribution in [0.3, 0.4) is 0 Å². The fourth-order valence-corrected chi connectivity index (χ4v) is 3.26. The maximum Gasteiger partial charge on any atom is 0.0318 e. The van der Waals surface area contributed by atoms with Gasteiger partial charge in [0.05, 0.1) is 0 Å². The fourth-order valence-electron chi connectivity index (χ4n) is 3.26. The van der Waals surface area contributed by atoms with Crippen LogP contribution in [0.2, 0.25) is 0 Å². The summed E-state index contributed by atoms with van der Waals surface area (Å²) in [6.45, 7) is 15.0. The number of aromatic nitrogens is 1. The first-order chi connectivity index (χ1) is 8.59. The van der Waals surface area contributed by atoms with Gasteiger partial charge >= 0.3 is 0 Å². The molecule has 2 rings (SSSR count). The van der Waals surface area contributed by atoms with Crippen molar-refractivity contribution < 1.29 is 0 Å². The lowest BCUT2D eigenvalue weighted by Gasteiger charge is -2.35. The minimum absolute atomic E-state index is 0.216. The van der Waals surface area contributed by atoms with Crippen molar-refractivity contribution in [3.8, 4) is 0 Å². The molecule has 1 aliphatic rings.